The number of aliphatic hydroxyl groups is 1. The second kappa shape index (κ2) is 7.20. The SMILES string of the molecule is COC(=O)CCC[C@@H](C)[C@H]1CC[C@H]2C3=CC=C4C[C@@H](O)[C@@H]5O[C@@H]5[C@]4(C)[C@H]3CC[C@]12C. The standard InChI is InChI=1S/C26H38O4/c1-15(6-5-7-22(28)29-4)18-10-11-19-17-9-8-16-14-21(27)23-24(30-23)26(16,3)20(17)12-13-25(18,19)2/h8-9,15,18-21,23-24,27H,5-7,10-14H2,1-4H3/t15-,18-,19+,20+,21-,23+,24+,25-,26+/m1/s1. The average Bonchev–Trinajstić information content (AvgIpc) is 3.46. The van der Waals surface area contributed by atoms with Gasteiger partial charge in [0.25, 0.3) is 0 Å². The van der Waals surface area contributed by atoms with Gasteiger partial charge < -0.3 is 14.6 Å². The molecule has 0 spiro atoms. The van der Waals surface area contributed by atoms with Crippen molar-refractivity contribution in [2.75, 3.05) is 7.11 Å². The third-order valence-corrected chi connectivity index (χ3v) is 9.96. The zero-order valence-electron chi connectivity index (χ0n) is 19.0. The molecule has 0 bridgehead atoms. The van der Waals surface area contributed by atoms with Gasteiger partial charge in [0.1, 0.15) is 6.10 Å². The van der Waals surface area contributed by atoms with Crippen LogP contribution in [0.25, 0.3) is 0 Å². The predicted molar refractivity (Wildman–Crippen MR) is 116 cm³/mol. The summed E-state index contributed by atoms with van der Waals surface area (Å²) < 4.78 is 10.8. The highest BCUT2D eigenvalue weighted by Crippen LogP contribution is 2.68. The number of carbonyl (C=O) groups excluding carboxylic acids is 1. The van der Waals surface area contributed by atoms with Crippen LogP contribution in [0.3, 0.4) is 0 Å². The van der Waals surface area contributed by atoms with Crippen molar-refractivity contribution in [1.29, 1.82) is 0 Å². The van der Waals surface area contributed by atoms with E-state index in [4.69, 9.17) is 9.47 Å². The van der Waals surface area contributed by atoms with Crippen molar-refractivity contribution in [1.82, 2.24) is 0 Å². The monoisotopic (exact) mass is 414 g/mol. The molecule has 30 heavy (non-hydrogen) atoms. The number of fused-ring (bicyclic) bond motifs is 7. The van der Waals surface area contributed by atoms with Crippen LogP contribution in [0.5, 0.6) is 0 Å². The molecule has 1 aliphatic heterocycles. The maximum atomic E-state index is 11.5. The highest BCUT2D eigenvalue weighted by Gasteiger charge is 2.66. The van der Waals surface area contributed by atoms with Crippen molar-refractivity contribution >= 4 is 5.97 Å². The summed E-state index contributed by atoms with van der Waals surface area (Å²) in [6, 6.07) is 0. The van der Waals surface area contributed by atoms with Gasteiger partial charge in [0, 0.05) is 11.8 Å². The topological polar surface area (TPSA) is 59.1 Å². The summed E-state index contributed by atoms with van der Waals surface area (Å²) in [6.45, 7) is 7.37. The van der Waals surface area contributed by atoms with Gasteiger partial charge in [-0.2, -0.15) is 0 Å². The van der Waals surface area contributed by atoms with Crippen molar-refractivity contribution in [2.24, 2.45) is 34.5 Å². The first-order valence-electron chi connectivity index (χ1n) is 12.1. The van der Waals surface area contributed by atoms with E-state index in [2.05, 4.69) is 32.9 Å². The number of esters is 1. The summed E-state index contributed by atoms with van der Waals surface area (Å²) in [5.41, 5.74) is 3.54. The first kappa shape index (κ1) is 20.8. The van der Waals surface area contributed by atoms with Gasteiger partial charge >= 0.3 is 5.97 Å². The maximum absolute atomic E-state index is 11.5. The molecule has 3 saturated carbocycles. The van der Waals surface area contributed by atoms with Crippen LogP contribution in [0.2, 0.25) is 0 Å². The summed E-state index contributed by atoms with van der Waals surface area (Å²) in [4.78, 5) is 11.5. The summed E-state index contributed by atoms with van der Waals surface area (Å²) in [7, 11) is 1.48. The molecule has 9 atom stereocenters. The number of hydrogen-bond donors (Lipinski definition) is 1. The van der Waals surface area contributed by atoms with Crippen molar-refractivity contribution in [3.8, 4) is 0 Å². The van der Waals surface area contributed by atoms with Crippen molar-refractivity contribution in [3.05, 3.63) is 23.3 Å². The molecule has 166 valence electrons. The quantitative estimate of drug-likeness (QED) is 0.518. The Morgan fingerprint density at radius 2 is 2.07 bits per heavy atom. The summed E-state index contributed by atoms with van der Waals surface area (Å²) >= 11 is 0. The van der Waals surface area contributed by atoms with Crippen molar-refractivity contribution < 1.29 is 19.4 Å². The van der Waals surface area contributed by atoms with Crippen LogP contribution in [-0.4, -0.2) is 36.5 Å². The third kappa shape index (κ3) is 2.89. The van der Waals surface area contributed by atoms with E-state index in [0.717, 1.165) is 25.2 Å². The summed E-state index contributed by atoms with van der Waals surface area (Å²) in [5.74, 6) is 2.54. The second-order valence-corrected chi connectivity index (χ2v) is 11.2. The normalized spacial score (nSPS) is 47.1. The van der Waals surface area contributed by atoms with Gasteiger partial charge in [-0.1, -0.05) is 44.1 Å². The molecule has 4 aliphatic carbocycles. The van der Waals surface area contributed by atoms with E-state index in [9.17, 15) is 9.90 Å². The Morgan fingerprint density at radius 3 is 2.83 bits per heavy atom. The van der Waals surface area contributed by atoms with Gasteiger partial charge in [0.15, 0.2) is 0 Å². The Labute approximate surface area is 181 Å². The Morgan fingerprint density at radius 1 is 1.27 bits per heavy atom. The molecule has 0 unspecified atom stereocenters. The number of epoxide rings is 1. The second-order valence-electron chi connectivity index (χ2n) is 11.2. The van der Waals surface area contributed by atoms with Crippen LogP contribution in [0.15, 0.2) is 23.3 Å². The molecule has 4 heteroatoms. The van der Waals surface area contributed by atoms with Crippen LogP contribution >= 0.6 is 0 Å². The maximum Gasteiger partial charge on any atom is 0.305 e. The zero-order chi connectivity index (χ0) is 21.3. The van der Waals surface area contributed by atoms with E-state index in [1.165, 1.54) is 38.4 Å². The number of carbonyl (C=O) groups is 1. The number of rotatable bonds is 5. The van der Waals surface area contributed by atoms with Gasteiger partial charge in [0.05, 0.1) is 19.3 Å². The molecule has 1 N–H and O–H groups in total. The van der Waals surface area contributed by atoms with Gasteiger partial charge in [-0.05, 0) is 74.0 Å². The number of methoxy groups -OCH3 is 1. The Kier molecular flexibility index (Phi) is 4.98. The lowest BCUT2D eigenvalue weighted by atomic mass is 9.50. The zero-order valence-corrected chi connectivity index (χ0v) is 19.0. The van der Waals surface area contributed by atoms with Crippen LogP contribution in [-0.2, 0) is 14.3 Å². The summed E-state index contributed by atoms with van der Waals surface area (Å²) in [5, 5.41) is 10.4. The van der Waals surface area contributed by atoms with E-state index in [1.54, 1.807) is 5.57 Å². The lowest BCUT2D eigenvalue weighted by Gasteiger charge is -2.54. The highest BCUT2D eigenvalue weighted by molar-refractivity contribution is 5.68. The largest absolute Gasteiger partial charge is 0.469 e. The highest BCUT2D eigenvalue weighted by atomic mass is 16.6. The van der Waals surface area contributed by atoms with Crippen LogP contribution in [0.4, 0.5) is 0 Å². The van der Waals surface area contributed by atoms with Gasteiger partial charge in [-0.3, -0.25) is 4.79 Å². The van der Waals surface area contributed by atoms with Crippen molar-refractivity contribution in [2.45, 2.75) is 90.4 Å². The van der Waals surface area contributed by atoms with E-state index < -0.39 is 0 Å². The molecule has 5 rings (SSSR count). The van der Waals surface area contributed by atoms with Gasteiger partial charge in [-0.15, -0.1) is 0 Å². The Balaban J connectivity index is 1.34. The van der Waals surface area contributed by atoms with Gasteiger partial charge in [-0.25, -0.2) is 0 Å². The molecule has 1 heterocycles. The fraction of sp³-hybridized carbons (Fsp3) is 0.808. The molecular weight excluding hydrogens is 376 g/mol. The Bertz CT molecular complexity index is 784. The third-order valence-electron chi connectivity index (χ3n) is 9.96. The molecule has 4 nitrogen and oxygen atoms in total. The summed E-state index contributed by atoms with van der Waals surface area (Å²) in [6.07, 6.45) is 13.2. The molecular formula is C26H38O4. The number of hydrogen-bond acceptors (Lipinski definition) is 4. The van der Waals surface area contributed by atoms with Crippen LogP contribution < -0.4 is 0 Å². The average molecular weight is 415 g/mol. The van der Waals surface area contributed by atoms with E-state index in [0.29, 0.717) is 29.6 Å². The minimum atomic E-state index is -0.320. The first-order chi connectivity index (χ1) is 14.3. The molecule has 1 saturated heterocycles. The van der Waals surface area contributed by atoms with Gasteiger partial charge in [0.2, 0.25) is 0 Å². The first-order valence-corrected chi connectivity index (χ1v) is 12.1. The lowest BCUT2D eigenvalue weighted by molar-refractivity contribution is -0.140. The number of ether oxygens (including phenoxy) is 2. The molecule has 5 aliphatic rings. The number of allylic oxidation sites excluding steroid dienone is 3. The molecule has 0 aromatic heterocycles. The number of aliphatic hydroxyl groups excluding tert-OH is 1. The van der Waals surface area contributed by atoms with E-state index in [-0.39, 0.29) is 29.7 Å². The van der Waals surface area contributed by atoms with Crippen LogP contribution in [0, 0.1) is 34.5 Å². The minimum Gasteiger partial charge on any atom is -0.469 e. The smallest absolute Gasteiger partial charge is 0.305 e. The molecule has 0 amide bonds. The Hall–Kier alpha value is -1.13. The lowest BCUT2D eigenvalue weighted by Crippen LogP contribution is -2.49. The molecule has 0 aromatic carbocycles. The predicted octanol–water partition coefficient (Wildman–Crippen LogP) is 4.81. The van der Waals surface area contributed by atoms with Crippen molar-refractivity contribution in [3.63, 3.8) is 0 Å². The van der Waals surface area contributed by atoms with E-state index >= 15 is 0 Å². The van der Waals surface area contributed by atoms with Crippen LogP contribution in [0.1, 0.15) is 72.1 Å². The fourth-order valence-corrected chi connectivity index (χ4v) is 8.23. The minimum absolute atomic E-state index is 0.0611. The van der Waals surface area contributed by atoms with E-state index in [1.807, 2.05) is 0 Å². The fourth-order valence-electron chi connectivity index (χ4n) is 8.23. The molecule has 0 aromatic rings. The molecule has 4 fully saturated rings. The molecule has 0 radical (unpaired) electrons.